The quantitative estimate of drug-likeness (QED) is 0.655. The predicted molar refractivity (Wildman–Crippen MR) is 121 cm³/mol. The summed E-state index contributed by atoms with van der Waals surface area (Å²) in [6, 6.07) is 8.84. The van der Waals surface area contributed by atoms with Crippen LogP contribution in [0.15, 0.2) is 41.3 Å². The van der Waals surface area contributed by atoms with E-state index < -0.39 is 15.8 Å². The minimum atomic E-state index is -3.81. The molecular formula is C23H26ClFN2O5S. The second-order valence-electron chi connectivity index (χ2n) is 8.13. The van der Waals surface area contributed by atoms with Crippen LogP contribution in [-0.2, 0) is 14.8 Å². The van der Waals surface area contributed by atoms with Gasteiger partial charge in [0.25, 0.3) is 0 Å². The first kappa shape index (κ1) is 23.8. The smallest absolute Gasteiger partial charge is 0.243 e. The molecule has 4 rings (SSSR count). The first-order valence-corrected chi connectivity index (χ1v) is 12.8. The minimum absolute atomic E-state index is 0.0542. The van der Waals surface area contributed by atoms with Crippen LogP contribution in [0.2, 0.25) is 5.02 Å². The second-order valence-corrected chi connectivity index (χ2v) is 10.5. The van der Waals surface area contributed by atoms with Gasteiger partial charge in [0.05, 0.1) is 16.0 Å². The molecule has 0 spiro atoms. The number of nitrogens with zero attached hydrogens (tertiary/aromatic N) is 1. The van der Waals surface area contributed by atoms with E-state index in [0.29, 0.717) is 44.0 Å². The number of benzene rings is 2. The van der Waals surface area contributed by atoms with Crippen LogP contribution in [0.1, 0.15) is 37.8 Å². The van der Waals surface area contributed by atoms with Gasteiger partial charge in [-0.1, -0.05) is 24.6 Å². The molecule has 1 unspecified atom stereocenters. The third-order valence-electron chi connectivity index (χ3n) is 6.05. The van der Waals surface area contributed by atoms with Crippen molar-refractivity contribution in [2.45, 2.75) is 37.1 Å². The number of carbonyl (C=O) groups is 1. The number of rotatable bonds is 6. The Kier molecular flexibility index (Phi) is 7.11. The average Bonchev–Trinajstić information content (AvgIpc) is 2.83. The third kappa shape index (κ3) is 5.10. The Labute approximate surface area is 197 Å². The molecule has 0 bridgehead atoms. The molecule has 2 aliphatic rings. The topological polar surface area (TPSA) is 84.9 Å². The maximum absolute atomic E-state index is 13.4. The number of amides is 1. The van der Waals surface area contributed by atoms with Gasteiger partial charge < -0.3 is 14.8 Å². The number of hydrogen-bond donors (Lipinski definition) is 1. The summed E-state index contributed by atoms with van der Waals surface area (Å²) in [6.45, 7) is 3.41. The molecule has 178 valence electrons. The van der Waals surface area contributed by atoms with Crippen molar-refractivity contribution in [1.82, 2.24) is 9.62 Å². The summed E-state index contributed by atoms with van der Waals surface area (Å²) < 4.78 is 51.7. The van der Waals surface area contributed by atoms with Crippen molar-refractivity contribution >= 4 is 27.5 Å². The van der Waals surface area contributed by atoms with E-state index in [2.05, 4.69) is 5.32 Å². The zero-order chi connectivity index (χ0) is 23.6. The highest BCUT2D eigenvalue weighted by atomic mass is 35.5. The maximum atomic E-state index is 13.4. The zero-order valence-corrected chi connectivity index (χ0v) is 19.8. The summed E-state index contributed by atoms with van der Waals surface area (Å²) in [5, 5.41) is 2.86. The highest BCUT2D eigenvalue weighted by Crippen LogP contribution is 2.34. The SMILES string of the molecule is CCC(NC(=O)C1CCN(S(=O)(=O)c2ccc(F)c(Cl)c2)CC1)c1ccc2c(c1)OCCO2. The molecule has 1 N–H and O–H groups in total. The van der Waals surface area contributed by atoms with E-state index in [1.807, 2.05) is 25.1 Å². The van der Waals surface area contributed by atoms with Gasteiger partial charge in [0.2, 0.25) is 15.9 Å². The highest BCUT2D eigenvalue weighted by Gasteiger charge is 2.33. The fourth-order valence-electron chi connectivity index (χ4n) is 4.13. The van der Waals surface area contributed by atoms with E-state index in [1.54, 1.807) is 0 Å². The van der Waals surface area contributed by atoms with Crippen molar-refractivity contribution in [3.05, 3.63) is 52.8 Å². The van der Waals surface area contributed by atoms with E-state index in [-0.39, 0.29) is 40.9 Å². The first-order valence-electron chi connectivity index (χ1n) is 10.9. The van der Waals surface area contributed by atoms with Gasteiger partial charge in [-0.2, -0.15) is 4.31 Å². The molecule has 10 heteroatoms. The van der Waals surface area contributed by atoms with Gasteiger partial charge in [0, 0.05) is 19.0 Å². The van der Waals surface area contributed by atoms with Gasteiger partial charge in [-0.15, -0.1) is 0 Å². The Balaban J connectivity index is 1.38. The summed E-state index contributed by atoms with van der Waals surface area (Å²) in [4.78, 5) is 12.9. The molecule has 2 heterocycles. The lowest BCUT2D eigenvalue weighted by Gasteiger charge is -2.31. The van der Waals surface area contributed by atoms with Gasteiger partial charge in [-0.05, 0) is 55.2 Å². The summed E-state index contributed by atoms with van der Waals surface area (Å²) in [5.74, 6) is 0.306. The van der Waals surface area contributed by atoms with Crippen molar-refractivity contribution < 1.29 is 27.1 Å². The van der Waals surface area contributed by atoms with Gasteiger partial charge in [0.1, 0.15) is 19.0 Å². The molecule has 2 aromatic carbocycles. The van der Waals surface area contributed by atoms with Crippen LogP contribution < -0.4 is 14.8 Å². The van der Waals surface area contributed by atoms with Crippen molar-refractivity contribution in [3.8, 4) is 11.5 Å². The fraction of sp³-hybridized carbons (Fsp3) is 0.435. The van der Waals surface area contributed by atoms with Crippen molar-refractivity contribution in [2.24, 2.45) is 5.92 Å². The first-order chi connectivity index (χ1) is 15.8. The van der Waals surface area contributed by atoms with Crippen LogP contribution in [0.5, 0.6) is 11.5 Å². The van der Waals surface area contributed by atoms with Crippen molar-refractivity contribution in [3.63, 3.8) is 0 Å². The molecule has 0 aliphatic carbocycles. The molecule has 7 nitrogen and oxygen atoms in total. The molecule has 0 radical (unpaired) electrons. The van der Waals surface area contributed by atoms with Gasteiger partial charge in [-0.25, -0.2) is 12.8 Å². The monoisotopic (exact) mass is 496 g/mol. The van der Waals surface area contributed by atoms with E-state index in [9.17, 15) is 17.6 Å². The van der Waals surface area contributed by atoms with Gasteiger partial charge >= 0.3 is 0 Å². The Morgan fingerprint density at radius 2 is 1.85 bits per heavy atom. The molecule has 1 atom stereocenters. The van der Waals surface area contributed by atoms with Crippen LogP contribution in [-0.4, -0.2) is 44.9 Å². The van der Waals surface area contributed by atoms with E-state index in [1.165, 1.54) is 10.4 Å². The summed E-state index contributed by atoms with van der Waals surface area (Å²) in [6.07, 6.45) is 1.50. The number of hydrogen-bond acceptors (Lipinski definition) is 5. The van der Waals surface area contributed by atoms with Crippen molar-refractivity contribution in [2.75, 3.05) is 26.3 Å². The number of halogens is 2. The molecule has 1 fully saturated rings. The van der Waals surface area contributed by atoms with E-state index in [4.69, 9.17) is 21.1 Å². The maximum Gasteiger partial charge on any atom is 0.243 e. The average molecular weight is 497 g/mol. The lowest BCUT2D eigenvalue weighted by atomic mass is 9.95. The standard InChI is InChI=1S/C23H26ClFN2O5S/c1-2-20(16-3-6-21-22(13-16)32-12-11-31-21)26-23(28)15-7-9-27(10-8-15)33(29,30)17-4-5-19(25)18(24)14-17/h3-6,13-15,20H,2,7-12H2,1H3,(H,26,28). The van der Waals surface area contributed by atoms with Gasteiger partial charge in [-0.3, -0.25) is 4.79 Å². The van der Waals surface area contributed by atoms with Crippen LogP contribution in [0.25, 0.3) is 0 Å². The van der Waals surface area contributed by atoms with Crippen LogP contribution >= 0.6 is 11.6 Å². The Morgan fingerprint density at radius 3 is 2.52 bits per heavy atom. The number of ether oxygens (including phenoxy) is 2. The number of fused-ring (bicyclic) bond motifs is 1. The number of carbonyl (C=O) groups excluding carboxylic acids is 1. The Hall–Kier alpha value is -2.36. The second kappa shape index (κ2) is 9.87. The molecule has 2 aromatic rings. The van der Waals surface area contributed by atoms with Gasteiger partial charge in [0.15, 0.2) is 11.5 Å². The fourth-order valence-corrected chi connectivity index (χ4v) is 5.87. The van der Waals surface area contributed by atoms with Crippen LogP contribution in [0.3, 0.4) is 0 Å². The summed E-state index contributed by atoms with van der Waals surface area (Å²) in [7, 11) is -3.81. The summed E-state index contributed by atoms with van der Waals surface area (Å²) >= 11 is 5.75. The molecule has 0 aromatic heterocycles. The Bertz CT molecular complexity index is 1140. The highest BCUT2D eigenvalue weighted by molar-refractivity contribution is 7.89. The lowest BCUT2D eigenvalue weighted by molar-refractivity contribution is -0.126. The Morgan fingerprint density at radius 1 is 1.15 bits per heavy atom. The number of piperidine rings is 1. The van der Waals surface area contributed by atoms with E-state index in [0.717, 1.165) is 17.7 Å². The predicted octanol–water partition coefficient (Wildman–Crippen LogP) is 3.92. The van der Waals surface area contributed by atoms with Crippen LogP contribution in [0.4, 0.5) is 4.39 Å². The molecule has 1 amide bonds. The summed E-state index contributed by atoms with van der Waals surface area (Å²) in [5.41, 5.74) is 0.934. The lowest BCUT2D eigenvalue weighted by Crippen LogP contribution is -2.43. The normalized spacial score (nSPS) is 18.0. The third-order valence-corrected chi connectivity index (χ3v) is 8.23. The molecule has 33 heavy (non-hydrogen) atoms. The molecular weight excluding hydrogens is 471 g/mol. The van der Waals surface area contributed by atoms with E-state index >= 15 is 0 Å². The molecule has 2 aliphatic heterocycles. The largest absolute Gasteiger partial charge is 0.486 e. The molecule has 1 saturated heterocycles. The number of sulfonamides is 1. The van der Waals surface area contributed by atoms with Crippen molar-refractivity contribution in [1.29, 1.82) is 0 Å². The number of nitrogens with one attached hydrogen (secondary N) is 1. The molecule has 0 saturated carbocycles. The zero-order valence-electron chi connectivity index (χ0n) is 18.2. The van der Waals surface area contributed by atoms with Crippen LogP contribution in [0, 0.1) is 11.7 Å². The minimum Gasteiger partial charge on any atom is -0.486 e.